The first-order chi connectivity index (χ1) is 9.83. The highest BCUT2D eigenvalue weighted by Gasteiger charge is 2.24. The summed E-state index contributed by atoms with van der Waals surface area (Å²) >= 11 is 22.7. The average Bonchev–Trinajstić information content (AvgIpc) is 2.37. The maximum Gasteiger partial charge on any atom is 0.381 e. The van der Waals surface area contributed by atoms with E-state index in [2.05, 4.69) is 4.98 Å². The summed E-state index contributed by atoms with van der Waals surface area (Å²) in [6.45, 7) is 2.80. The van der Waals surface area contributed by atoms with Gasteiger partial charge in [-0.1, -0.05) is 34.8 Å². The van der Waals surface area contributed by atoms with Crippen molar-refractivity contribution in [2.24, 2.45) is 0 Å². The summed E-state index contributed by atoms with van der Waals surface area (Å²) in [5.74, 6) is 0.0521. The van der Waals surface area contributed by atoms with E-state index in [0.717, 1.165) is 0 Å². The number of nitriles is 1. The molecule has 21 heavy (non-hydrogen) atoms. The summed E-state index contributed by atoms with van der Waals surface area (Å²) in [6, 6.07) is 3.17. The van der Waals surface area contributed by atoms with E-state index in [1.165, 1.54) is 13.0 Å². The number of hydrogen-bond donors (Lipinski definition) is 0. The number of hydrogen-bond acceptors (Lipinski definition) is 6. The normalized spacial score (nSPS) is 10.3. The van der Waals surface area contributed by atoms with Gasteiger partial charge in [0.15, 0.2) is 5.15 Å². The van der Waals surface area contributed by atoms with Crippen LogP contribution in [0.1, 0.15) is 20.8 Å². The average molecular weight is 392 g/mol. The summed E-state index contributed by atoms with van der Waals surface area (Å²) in [5.41, 5.74) is 0. The maximum atomic E-state index is 7.32. The van der Waals surface area contributed by atoms with Gasteiger partial charge in [0.2, 0.25) is 5.88 Å². The molecule has 10 heteroatoms. The Kier molecular flexibility index (Phi) is 10.5. The molecular formula is C11H14Cl3N2O3PS. The molecule has 1 aromatic heterocycles. The number of rotatable bonds is 6. The molecule has 5 nitrogen and oxygen atoms in total. The van der Waals surface area contributed by atoms with Gasteiger partial charge in [-0.2, -0.15) is 10.2 Å². The Morgan fingerprint density at radius 2 is 1.71 bits per heavy atom. The first kappa shape index (κ1) is 20.9. The SMILES string of the molecule is CC#N.CCOP(=S)(OCC)Oc1nc(Cl)c(Cl)cc1Cl. The van der Waals surface area contributed by atoms with Crippen molar-refractivity contribution in [3.63, 3.8) is 0 Å². The third kappa shape index (κ3) is 7.62. The van der Waals surface area contributed by atoms with Crippen molar-refractivity contribution >= 4 is 53.3 Å². The topological polar surface area (TPSA) is 64.4 Å². The lowest BCUT2D eigenvalue weighted by Gasteiger charge is -2.20. The first-order valence-corrected chi connectivity index (χ1v) is 9.43. The third-order valence-corrected chi connectivity index (χ3v) is 4.97. The molecule has 0 aliphatic rings. The molecule has 1 heterocycles. The van der Waals surface area contributed by atoms with Crippen molar-refractivity contribution in [3.05, 3.63) is 21.3 Å². The Bertz CT molecular complexity index is 544. The standard InChI is InChI=1S/C9H11Cl3NO3PS.C2H3N/c1-3-14-17(18,15-4-2)16-9-7(11)5-6(10)8(12)13-9;1-2-3/h5H,3-4H2,1-2H3;1H3. The van der Waals surface area contributed by atoms with Gasteiger partial charge in [0.1, 0.15) is 5.02 Å². The van der Waals surface area contributed by atoms with Crippen molar-refractivity contribution in [2.75, 3.05) is 13.2 Å². The first-order valence-electron chi connectivity index (χ1n) is 5.74. The fourth-order valence-electron chi connectivity index (χ4n) is 1.00. The number of aromatic nitrogens is 1. The van der Waals surface area contributed by atoms with Crippen molar-refractivity contribution in [1.82, 2.24) is 4.98 Å². The van der Waals surface area contributed by atoms with Crippen LogP contribution in [0, 0.1) is 11.3 Å². The quantitative estimate of drug-likeness (QED) is 0.487. The molecule has 0 aliphatic carbocycles. The van der Waals surface area contributed by atoms with Gasteiger partial charge < -0.3 is 4.52 Å². The molecule has 0 atom stereocenters. The zero-order valence-electron chi connectivity index (χ0n) is 11.6. The minimum absolute atomic E-state index is 0.0521. The fourth-order valence-corrected chi connectivity index (χ4v) is 3.59. The Balaban J connectivity index is 0.00000122. The minimum Gasteiger partial charge on any atom is -0.404 e. The molecule has 0 saturated heterocycles. The van der Waals surface area contributed by atoms with E-state index in [1.54, 1.807) is 19.9 Å². The van der Waals surface area contributed by atoms with Crippen LogP contribution in [-0.2, 0) is 20.9 Å². The Morgan fingerprint density at radius 3 is 2.14 bits per heavy atom. The van der Waals surface area contributed by atoms with E-state index in [0.29, 0.717) is 13.2 Å². The molecule has 0 saturated carbocycles. The highest BCUT2D eigenvalue weighted by atomic mass is 35.5. The molecule has 0 N–H and O–H groups in total. The van der Waals surface area contributed by atoms with Gasteiger partial charge >= 0.3 is 6.72 Å². The lowest BCUT2D eigenvalue weighted by Crippen LogP contribution is -2.03. The van der Waals surface area contributed by atoms with Gasteiger partial charge in [-0.25, -0.2) is 0 Å². The molecule has 0 aliphatic heterocycles. The predicted octanol–water partition coefficient (Wildman–Crippen LogP) is 5.25. The van der Waals surface area contributed by atoms with Gasteiger partial charge in [-0.3, -0.25) is 9.05 Å². The summed E-state index contributed by atoms with van der Waals surface area (Å²) in [7, 11) is 0. The van der Waals surface area contributed by atoms with E-state index >= 15 is 0 Å². The van der Waals surface area contributed by atoms with Gasteiger partial charge in [0.25, 0.3) is 0 Å². The largest absolute Gasteiger partial charge is 0.404 e. The van der Waals surface area contributed by atoms with Crippen LogP contribution in [0.5, 0.6) is 5.88 Å². The molecule has 0 radical (unpaired) electrons. The van der Waals surface area contributed by atoms with E-state index in [9.17, 15) is 0 Å². The molecule has 0 bridgehead atoms. The number of pyridine rings is 1. The fraction of sp³-hybridized carbons (Fsp3) is 0.455. The van der Waals surface area contributed by atoms with Gasteiger partial charge in [0.05, 0.1) is 24.3 Å². The number of halogens is 3. The van der Waals surface area contributed by atoms with Gasteiger partial charge in [-0.05, 0) is 19.9 Å². The Morgan fingerprint density at radius 1 is 1.24 bits per heavy atom. The summed E-state index contributed by atoms with van der Waals surface area (Å²) in [6.07, 6.45) is 0. The van der Waals surface area contributed by atoms with Crippen LogP contribution in [-0.4, -0.2) is 18.2 Å². The molecule has 0 aromatic carbocycles. The molecule has 0 spiro atoms. The second-order valence-corrected chi connectivity index (χ2v) is 7.25. The number of nitrogens with zero attached hydrogens (tertiary/aromatic N) is 2. The Hall–Kier alpha value is -0.120. The lowest BCUT2D eigenvalue weighted by atomic mass is 10.5. The summed E-state index contributed by atoms with van der Waals surface area (Å²) in [4.78, 5) is 3.90. The highest BCUT2D eigenvalue weighted by molar-refractivity contribution is 8.07. The Labute approximate surface area is 144 Å². The van der Waals surface area contributed by atoms with Crippen LogP contribution in [0.2, 0.25) is 15.2 Å². The second kappa shape index (κ2) is 10.6. The second-order valence-electron chi connectivity index (χ2n) is 3.15. The van der Waals surface area contributed by atoms with Crippen LogP contribution in [0.25, 0.3) is 0 Å². The van der Waals surface area contributed by atoms with Crippen LogP contribution < -0.4 is 4.52 Å². The molecular weight excluding hydrogens is 378 g/mol. The van der Waals surface area contributed by atoms with E-state index in [1.807, 2.05) is 0 Å². The molecule has 118 valence electrons. The molecule has 0 amide bonds. The van der Waals surface area contributed by atoms with Crippen molar-refractivity contribution < 1.29 is 13.6 Å². The molecule has 1 aromatic rings. The molecule has 1 rings (SSSR count). The van der Waals surface area contributed by atoms with E-state index in [4.69, 9.17) is 65.4 Å². The van der Waals surface area contributed by atoms with Crippen LogP contribution >= 0.6 is 41.5 Å². The van der Waals surface area contributed by atoms with E-state index < -0.39 is 6.72 Å². The minimum atomic E-state index is -2.92. The summed E-state index contributed by atoms with van der Waals surface area (Å²) < 4.78 is 16.1. The van der Waals surface area contributed by atoms with Crippen molar-refractivity contribution in [2.45, 2.75) is 20.8 Å². The smallest absolute Gasteiger partial charge is 0.381 e. The monoisotopic (exact) mass is 390 g/mol. The highest BCUT2D eigenvalue weighted by Crippen LogP contribution is 2.51. The van der Waals surface area contributed by atoms with E-state index in [-0.39, 0.29) is 21.1 Å². The third-order valence-electron chi connectivity index (χ3n) is 1.63. The van der Waals surface area contributed by atoms with Crippen molar-refractivity contribution in [3.8, 4) is 11.9 Å². The predicted molar refractivity (Wildman–Crippen MR) is 88.7 cm³/mol. The zero-order valence-corrected chi connectivity index (χ0v) is 15.6. The van der Waals surface area contributed by atoms with Crippen LogP contribution in [0.4, 0.5) is 0 Å². The lowest BCUT2D eigenvalue weighted by molar-refractivity contribution is 0.216. The van der Waals surface area contributed by atoms with Crippen molar-refractivity contribution in [1.29, 1.82) is 5.26 Å². The zero-order chi connectivity index (χ0) is 16.5. The molecule has 0 unspecified atom stereocenters. The maximum absolute atomic E-state index is 7.32. The van der Waals surface area contributed by atoms with Gasteiger partial charge in [0, 0.05) is 18.7 Å². The van der Waals surface area contributed by atoms with Gasteiger partial charge in [-0.15, -0.1) is 0 Å². The van der Waals surface area contributed by atoms with Crippen LogP contribution in [0.3, 0.4) is 0 Å². The molecule has 0 fully saturated rings. The summed E-state index contributed by atoms with van der Waals surface area (Å²) in [5, 5.41) is 7.82. The van der Waals surface area contributed by atoms with Crippen LogP contribution in [0.15, 0.2) is 6.07 Å².